The van der Waals surface area contributed by atoms with Gasteiger partial charge in [-0.15, -0.1) is 0 Å². The number of likely N-dealkylation sites (tertiary alicyclic amines) is 1. The number of aromatic nitrogens is 2. The highest BCUT2D eigenvalue weighted by Gasteiger charge is 2.48. The second-order valence-electron chi connectivity index (χ2n) is 7.95. The first-order valence-electron chi connectivity index (χ1n) is 9.65. The van der Waals surface area contributed by atoms with Gasteiger partial charge >= 0.3 is 0 Å². The quantitative estimate of drug-likeness (QED) is 0.523. The maximum atomic E-state index is 13.3. The van der Waals surface area contributed by atoms with Gasteiger partial charge in [0.1, 0.15) is 11.0 Å². The van der Waals surface area contributed by atoms with E-state index >= 15 is 0 Å². The van der Waals surface area contributed by atoms with Gasteiger partial charge in [-0.05, 0) is 77.0 Å². The van der Waals surface area contributed by atoms with Crippen LogP contribution in [0.25, 0.3) is 11.0 Å². The molecule has 1 aliphatic heterocycles. The molecule has 0 bridgehead atoms. The SMILES string of the molecule is O=C(NO)c1ccc2c(c1)CC[C@]1(CCN(Cc3ccc4nonc4c3)C1=O)C2. The Morgan fingerprint density at radius 2 is 2.00 bits per heavy atom. The lowest BCUT2D eigenvalue weighted by atomic mass is 9.70. The first-order valence-corrected chi connectivity index (χ1v) is 9.65. The smallest absolute Gasteiger partial charge is 0.274 e. The number of rotatable bonds is 3. The minimum Gasteiger partial charge on any atom is -0.338 e. The van der Waals surface area contributed by atoms with Gasteiger partial charge in [0.15, 0.2) is 0 Å². The van der Waals surface area contributed by atoms with E-state index in [1.807, 2.05) is 35.2 Å². The average molecular weight is 392 g/mol. The molecular formula is C21H20N4O4. The summed E-state index contributed by atoms with van der Waals surface area (Å²) in [5.41, 5.74) is 6.32. The fraction of sp³-hybridized carbons (Fsp3) is 0.333. The van der Waals surface area contributed by atoms with Crippen LogP contribution in [0.15, 0.2) is 41.0 Å². The van der Waals surface area contributed by atoms with Gasteiger partial charge < -0.3 is 4.90 Å². The van der Waals surface area contributed by atoms with E-state index in [-0.39, 0.29) is 11.3 Å². The zero-order chi connectivity index (χ0) is 20.0. The van der Waals surface area contributed by atoms with Crippen LogP contribution in [-0.4, -0.2) is 38.8 Å². The minimum atomic E-state index is -0.518. The molecule has 5 rings (SSSR count). The number of hydroxylamine groups is 1. The third-order valence-electron chi connectivity index (χ3n) is 6.26. The second-order valence-corrected chi connectivity index (χ2v) is 7.95. The summed E-state index contributed by atoms with van der Waals surface area (Å²) in [5.74, 6) is -0.325. The van der Waals surface area contributed by atoms with Gasteiger partial charge in [-0.1, -0.05) is 12.1 Å². The highest BCUT2D eigenvalue weighted by molar-refractivity contribution is 5.93. The molecule has 148 valence electrons. The molecule has 1 fully saturated rings. The van der Waals surface area contributed by atoms with Crippen molar-refractivity contribution < 1.29 is 19.4 Å². The van der Waals surface area contributed by atoms with Crippen molar-refractivity contribution in [3.05, 3.63) is 58.7 Å². The Kier molecular flexibility index (Phi) is 4.09. The van der Waals surface area contributed by atoms with Crippen molar-refractivity contribution in [3.8, 4) is 0 Å². The Morgan fingerprint density at radius 3 is 2.86 bits per heavy atom. The molecule has 2 aliphatic rings. The highest BCUT2D eigenvalue weighted by Crippen LogP contribution is 2.44. The maximum absolute atomic E-state index is 13.3. The standard InChI is InChI=1S/C21H20N4O4/c26-19(22-28)15-2-3-16-11-21(6-5-14(16)10-15)7-8-25(20(21)27)12-13-1-4-17-18(9-13)24-29-23-17/h1-4,9-10,28H,5-8,11-12H2,(H,22,26)/t21-/m0/s1. The van der Waals surface area contributed by atoms with Crippen LogP contribution in [0.5, 0.6) is 0 Å². The second kappa shape index (κ2) is 6.66. The van der Waals surface area contributed by atoms with Crippen LogP contribution in [-0.2, 0) is 24.2 Å². The molecular weight excluding hydrogens is 372 g/mol. The molecule has 1 aromatic heterocycles. The molecule has 2 N–H and O–H groups in total. The van der Waals surface area contributed by atoms with Gasteiger partial charge in [-0.25, -0.2) is 10.1 Å². The number of fused-ring (bicyclic) bond motifs is 2. The molecule has 0 saturated carbocycles. The van der Waals surface area contributed by atoms with E-state index in [1.54, 1.807) is 11.5 Å². The van der Waals surface area contributed by atoms with Gasteiger partial charge in [-0.2, -0.15) is 0 Å². The lowest BCUT2D eigenvalue weighted by molar-refractivity contribution is -0.137. The average Bonchev–Trinajstić information content (AvgIpc) is 3.33. The fourth-order valence-corrected chi connectivity index (χ4v) is 4.65. The number of amides is 2. The Bertz CT molecular complexity index is 1120. The summed E-state index contributed by atoms with van der Waals surface area (Å²) in [6.07, 6.45) is 3.03. The molecule has 0 radical (unpaired) electrons. The van der Waals surface area contributed by atoms with Crippen LogP contribution in [0.3, 0.4) is 0 Å². The number of nitrogens with zero attached hydrogens (tertiary/aromatic N) is 3. The van der Waals surface area contributed by atoms with Crippen molar-refractivity contribution in [3.63, 3.8) is 0 Å². The van der Waals surface area contributed by atoms with Gasteiger partial charge in [0.2, 0.25) is 5.91 Å². The van der Waals surface area contributed by atoms with E-state index < -0.39 is 5.91 Å². The van der Waals surface area contributed by atoms with Gasteiger partial charge in [-0.3, -0.25) is 14.8 Å². The molecule has 8 heteroatoms. The van der Waals surface area contributed by atoms with Crippen LogP contribution in [0.2, 0.25) is 0 Å². The van der Waals surface area contributed by atoms with Crippen LogP contribution in [0.1, 0.15) is 39.9 Å². The number of aryl methyl sites for hydroxylation is 1. The van der Waals surface area contributed by atoms with E-state index in [4.69, 9.17) is 9.84 Å². The monoisotopic (exact) mass is 392 g/mol. The van der Waals surface area contributed by atoms with E-state index in [0.717, 1.165) is 42.5 Å². The lowest BCUT2D eigenvalue weighted by Crippen LogP contribution is -2.38. The van der Waals surface area contributed by atoms with E-state index in [2.05, 4.69) is 10.3 Å². The number of nitrogens with one attached hydrogen (secondary N) is 1. The summed E-state index contributed by atoms with van der Waals surface area (Å²) in [7, 11) is 0. The summed E-state index contributed by atoms with van der Waals surface area (Å²) in [4.78, 5) is 26.9. The van der Waals surface area contributed by atoms with Crippen molar-refractivity contribution >= 4 is 22.8 Å². The Labute approximate surface area is 166 Å². The number of hydrogen-bond donors (Lipinski definition) is 2. The molecule has 2 amide bonds. The molecule has 2 aromatic carbocycles. The Hall–Kier alpha value is -3.26. The van der Waals surface area contributed by atoms with Crippen molar-refractivity contribution in [1.29, 1.82) is 0 Å². The largest absolute Gasteiger partial charge is 0.338 e. The third kappa shape index (κ3) is 2.96. The summed E-state index contributed by atoms with van der Waals surface area (Å²) < 4.78 is 4.75. The molecule has 1 atom stereocenters. The lowest BCUT2D eigenvalue weighted by Gasteiger charge is -2.33. The van der Waals surface area contributed by atoms with Gasteiger partial charge in [0.05, 0.1) is 5.41 Å². The summed E-state index contributed by atoms with van der Waals surface area (Å²) in [6.45, 7) is 1.28. The Balaban J connectivity index is 1.34. The van der Waals surface area contributed by atoms with E-state index in [1.165, 1.54) is 0 Å². The molecule has 0 unspecified atom stereocenters. The third-order valence-corrected chi connectivity index (χ3v) is 6.26. The van der Waals surface area contributed by atoms with Crippen LogP contribution < -0.4 is 5.48 Å². The number of carbonyl (C=O) groups is 2. The van der Waals surface area contributed by atoms with Gasteiger partial charge in [0, 0.05) is 18.7 Å². The van der Waals surface area contributed by atoms with Crippen LogP contribution >= 0.6 is 0 Å². The van der Waals surface area contributed by atoms with Crippen molar-refractivity contribution in [2.75, 3.05) is 6.54 Å². The normalized spacial score (nSPS) is 21.0. The van der Waals surface area contributed by atoms with Crippen LogP contribution in [0, 0.1) is 5.41 Å². The van der Waals surface area contributed by atoms with Crippen LogP contribution in [0.4, 0.5) is 0 Å². The summed E-state index contributed by atoms with van der Waals surface area (Å²) >= 11 is 0. The van der Waals surface area contributed by atoms with E-state index in [9.17, 15) is 9.59 Å². The molecule has 29 heavy (non-hydrogen) atoms. The first kappa shape index (κ1) is 17.8. The fourth-order valence-electron chi connectivity index (χ4n) is 4.65. The minimum absolute atomic E-state index is 0.193. The van der Waals surface area contributed by atoms with Crippen molar-refractivity contribution in [2.24, 2.45) is 5.41 Å². The number of carbonyl (C=O) groups excluding carboxylic acids is 2. The van der Waals surface area contributed by atoms with Crippen molar-refractivity contribution in [1.82, 2.24) is 20.7 Å². The summed E-state index contributed by atoms with van der Waals surface area (Å²) in [5, 5.41) is 16.5. The maximum Gasteiger partial charge on any atom is 0.274 e. The Morgan fingerprint density at radius 1 is 1.14 bits per heavy atom. The zero-order valence-electron chi connectivity index (χ0n) is 15.7. The molecule has 1 saturated heterocycles. The predicted molar refractivity (Wildman–Crippen MR) is 102 cm³/mol. The van der Waals surface area contributed by atoms with E-state index in [0.29, 0.717) is 29.6 Å². The number of hydrogen-bond acceptors (Lipinski definition) is 6. The highest BCUT2D eigenvalue weighted by atomic mass is 16.6. The molecule has 1 spiro atoms. The molecule has 1 aliphatic carbocycles. The first-order chi connectivity index (χ1) is 14.1. The number of benzene rings is 2. The molecule has 3 aromatic rings. The predicted octanol–water partition coefficient (Wildman–Crippen LogP) is 2.25. The zero-order valence-corrected chi connectivity index (χ0v) is 15.7. The van der Waals surface area contributed by atoms with Crippen molar-refractivity contribution in [2.45, 2.75) is 32.2 Å². The topological polar surface area (TPSA) is 109 Å². The molecule has 8 nitrogen and oxygen atoms in total. The summed E-state index contributed by atoms with van der Waals surface area (Å²) in [6, 6.07) is 11.1. The van der Waals surface area contributed by atoms with Gasteiger partial charge in [0.25, 0.3) is 5.91 Å². The molecule has 2 heterocycles.